The summed E-state index contributed by atoms with van der Waals surface area (Å²) in [6.45, 7) is 6.67. The van der Waals surface area contributed by atoms with E-state index < -0.39 is 45.6 Å². The van der Waals surface area contributed by atoms with Crippen molar-refractivity contribution in [1.82, 2.24) is 19.6 Å². The molecule has 14 heteroatoms. The largest absolute Gasteiger partial charge is 0.461 e. The number of carbonyl (C=O) groups excluding carboxylic acids is 2. The minimum Gasteiger partial charge on any atom is -0.461 e. The number of halogens is 3. The molecule has 44 heavy (non-hydrogen) atoms. The van der Waals surface area contributed by atoms with Crippen molar-refractivity contribution in [3.63, 3.8) is 0 Å². The van der Waals surface area contributed by atoms with E-state index in [0.29, 0.717) is 52.8 Å². The molecule has 0 saturated carbocycles. The van der Waals surface area contributed by atoms with Crippen LogP contribution < -0.4 is 5.32 Å². The summed E-state index contributed by atoms with van der Waals surface area (Å²) in [4.78, 5) is 32.2. The highest BCUT2D eigenvalue weighted by molar-refractivity contribution is 9.10. The third kappa shape index (κ3) is 6.95. The maximum absolute atomic E-state index is 14.1. The molecule has 2 saturated heterocycles. The molecule has 2 fully saturated rings. The van der Waals surface area contributed by atoms with E-state index >= 15 is 0 Å². The fourth-order valence-electron chi connectivity index (χ4n) is 5.62. The highest BCUT2D eigenvalue weighted by Crippen LogP contribution is 2.42. The molecule has 236 valence electrons. The Morgan fingerprint density at radius 3 is 2.43 bits per heavy atom. The Labute approximate surface area is 268 Å². The van der Waals surface area contributed by atoms with Crippen LogP contribution in [0.3, 0.4) is 0 Å². The number of nitrogens with one attached hydrogen (secondary N) is 2. The SMILES string of the molecule is C[C@H](NC(=O)OC(C)(C)C)C(=O)OC1CC2CC[C@H](C1)N2S(=O)(=O)c1cc(-c2ncc(-c3ccc(Br)c(F)c3)[nH]2)ccc1Cl. The average molecular weight is 712 g/mol. The van der Waals surface area contributed by atoms with Crippen LogP contribution in [0, 0.1) is 5.82 Å². The lowest BCUT2D eigenvalue weighted by Crippen LogP contribution is -2.50. The molecule has 0 radical (unpaired) electrons. The Hall–Kier alpha value is -3.00. The molecular weight excluding hydrogens is 679 g/mol. The summed E-state index contributed by atoms with van der Waals surface area (Å²) in [5.41, 5.74) is 0.937. The van der Waals surface area contributed by atoms with E-state index in [1.165, 1.54) is 29.4 Å². The molecule has 3 aromatic rings. The van der Waals surface area contributed by atoms with Crippen LogP contribution in [0.2, 0.25) is 5.02 Å². The zero-order valence-electron chi connectivity index (χ0n) is 24.6. The van der Waals surface area contributed by atoms with Gasteiger partial charge in [-0.3, -0.25) is 0 Å². The molecule has 2 aliphatic heterocycles. The first-order chi connectivity index (χ1) is 20.6. The van der Waals surface area contributed by atoms with E-state index in [1.807, 2.05) is 0 Å². The third-order valence-electron chi connectivity index (χ3n) is 7.56. The molecule has 2 unspecified atom stereocenters. The number of aromatic amines is 1. The van der Waals surface area contributed by atoms with Crippen LogP contribution in [0.15, 0.2) is 52.0 Å². The van der Waals surface area contributed by atoms with Gasteiger partial charge in [0.05, 0.1) is 21.4 Å². The number of piperidine rings is 1. The number of hydrogen-bond donors (Lipinski definition) is 2. The second-order valence-electron chi connectivity index (χ2n) is 12.0. The maximum atomic E-state index is 14.1. The molecule has 5 rings (SSSR count). The van der Waals surface area contributed by atoms with Gasteiger partial charge in [-0.05, 0) is 86.8 Å². The van der Waals surface area contributed by atoms with Gasteiger partial charge >= 0.3 is 12.1 Å². The number of carbonyl (C=O) groups is 2. The summed E-state index contributed by atoms with van der Waals surface area (Å²) in [6, 6.07) is 7.66. The van der Waals surface area contributed by atoms with Crippen LogP contribution in [0.1, 0.15) is 53.4 Å². The molecule has 2 N–H and O–H groups in total. The smallest absolute Gasteiger partial charge is 0.408 e. The number of benzene rings is 2. The first-order valence-electron chi connectivity index (χ1n) is 14.2. The van der Waals surface area contributed by atoms with Crippen LogP contribution >= 0.6 is 27.5 Å². The highest BCUT2D eigenvalue weighted by Gasteiger charge is 2.49. The van der Waals surface area contributed by atoms with Crippen LogP contribution in [0.5, 0.6) is 0 Å². The number of esters is 1. The first-order valence-corrected chi connectivity index (χ1v) is 16.8. The van der Waals surface area contributed by atoms with Crippen molar-refractivity contribution in [2.75, 3.05) is 0 Å². The number of fused-ring (bicyclic) bond motifs is 2. The fourth-order valence-corrected chi connectivity index (χ4v) is 8.26. The van der Waals surface area contributed by atoms with Crippen molar-refractivity contribution in [2.24, 2.45) is 0 Å². The molecule has 10 nitrogen and oxygen atoms in total. The van der Waals surface area contributed by atoms with Gasteiger partial charge in [0.15, 0.2) is 0 Å². The number of aromatic nitrogens is 2. The lowest BCUT2D eigenvalue weighted by molar-refractivity contribution is -0.153. The summed E-state index contributed by atoms with van der Waals surface area (Å²) < 4.78 is 54.8. The Morgan fingerprint density at radius 1 is 1.14 bits per heavy atom. The normalized spacial score (nSPS) is 21.1. The molecule has 4 atom stereocenters. The minimum absolute atomic E-state index is 0.0492. The van der Waals surface area contributed by atoms with Gasteiger partial charge in [0.2, 0.25) is 10.0 Å². The molecule has 2 bridgehead atoms. The van der Waals surface area contributed by atoms with Gasteiger partial charge in [0.1, 0.15) is 34.3 Å². The number of imidazole rings is 1. The van der Waals surface area contributed by atoms with Crippen molar-refractivity contribution >= 4 is 49.6 Å². The summed E-state index contributed by atoms with van der Waals surface area (Å²) in [6.07, 6.45) is 2.21. The van der Waals surface area contributed by atoms with Crippen molar-refractivity contribution in [1.29, 1.82) is 0 Å². The molecule has 0 spiro atoms. The number of amides is 1. The lowest BCUT2D eigenvalue weighted by atomic mass is 10.0. The van der Waals surface area contributed by atoms with Crippen molar-refractivity contribution in [2.45, 2.75) is 88.1 Å². The Balaban J connectivity index is 1.29. The molecular formula is C30H33BrClFN4O6S. The van der Waals surface area contributed by atoms with Crippen LogP contribution in [-0.2, 0) is 24.3 Å². The summed E-state index contributed by atoms with van der Waals surface area (Å²) in [5.74, 6) is -0.631. The summed E-state index contributed by atoms with van der Waals surface area (Å²) in [5, 5.41) is 2.55. The number of sulfonamides is 1. The molecule has 3 heterocycles. The zero-order chi connectivity index (χ0) is 32.0. The second kappa shape index (κ2) is 12.4. The number of hydrogen-bond acceptors (Lipinski definition) is 7. The van der Waals surface area contributed by atoms with E-state index in [0.717, 1.165) is 0 Å². The van der Waals surface area contributed by atoms with E-state index in [-0.39, 0.29) is 22.0 Å². The third-order valence-corrected chi connectivity index (χ3v) is 10.7. The van der Waals surface area contributed by atoms with Gasteiger partial charge < -0.3 is 19.8 Å². The predicted octanol–water partition coefficient (Wildman–Crippen LogP) is 6.44. The molecule has 2 aliphatic rings. The maximum Gasteiger partial charge on any atom is 0.408 e. The van der Waals surface area contributed by atoms with Gasteiger partial charge in [0.25, 0.3) is 0 Å². The predicted molar refractivity (Wildman–Crippen MR) is 166 cm³/mol. The van der Waals surface area contributed by atoms with Gasteiger partial charge in [-0.1, -0.05) is 17.7 Å². The monoisotopic (exact) mass is 710 g/mol. The minimum atomic E-state index is -4.03. The Kier molecular flexibility index (Phi) is 9.14. The van der Waals surface area contributed by atoms with E-state index in [1.54, 1.807) is 45.2 Å². The van der Waals surface area contributed by atoms with Crippen molar-refractivity contribution in [3.8, 4) is 22.6 Å². The summed E-state index contributed by atoms with van der Waals surface area (Å²) >= 11 is 9.60. The van der Waals surface area contributed by atoms with Gasteiger partial charge in [-0.2, -0.15) is 4.31 Å². The topological polar surface area (TPSA) is 131 Å². The molecule has 1 aromatic heterocycles. The molecule has 2 aromatic carbocycles. The first kappa shape index (κ1) is 32.4. The molecule has 1 amide bonds. The van der Waals surface area contributed by atoms with E-state index in [9.17, 15) is 22.4 Å². The summed E-state index contributed by atoms with van der Waals surface area (Å²) in [7, 11) is -4.03. The van der Waals surface area contributed by atoms with Crippen molar-refractivity contribution in [3.05, 3.63) is 57.9 Å². The second-order valence-corrected chi connectivity index (χ2v) is 15.1. The lowest BCUT2D eigenvalue weighted by Gasteiger charge is -2.37. The van der Waals surface area contributed by atoms with Gasteiger partial charge in [-0.15, -0.1) is 0 Å². The number of H-pyrrole nitrogens is 1. The Morgan fingerprint density at radius 2 is 1.80 bits per heavy atom. The van der Waals surface area contributed by atoms with Crippen molar-refractivity contribution < 1.29 is 31.9 Å². The van der Waals surface area contributed by atoms with Gasteiger partial charge in [-0.25, -0.2) is 27.4 Å². The van der Waals surface area contributed by atoms with Gasteiger partial charge in [0, 0.05) is 36.1 Å². The number of ether oxygens (including phenoxy) is 2. The standard InChI is InChI=1S/C30H33BrClFN4O6S/c1-16(35-29(39)43-30(2,3)4)28(38)42-21-13-19-7-8-20(14-21)37(19)44(40,41)26-12-18(6-10-23(26)32)27-34-15-25(36-27)17-5-9-22(31)24(33)11-17/h5-6,9-12,15-16,19-21H,7-8,13-14H2,1-4H3,(H,34,36)(H,35,39)/t16-,19+,20?,21?/m0/s1. The van der Waals surface area contributed by atoms with Crippen LogP contribution in [0.4, 0.5) is 9.18 Å². The highest BCUT2D eigenvalue weighted by atomic mass is 79.9. The molecule has 0 aliphatic carbocycles. The number of nitrogens with zero attached hydrogens (tertiary/aromatic N) is 2. The van der Waals surface area contributed by atoms with Crippen LogP contribution in [-0.4, -0.2) is 64.6 Å². The Bertz CT molecular complexity index is 1680. The number of alkyl carbamates (subject to hydrolysis) is 1. The van der Waals surface area contributed by atoms with E-state index in [4.69, 9.17) is 21.1 Å². The number of rotatable bonds is 7. The average Bonchev–Trinajstić information content (AvgIpc) is 3.53. The quantitative estimate of drug-likeness (QED) is 0.270. The fraction of sp³-hybridized carbons (Fsp3) is 0.433. The zero-order valence-corrected chi connectivity index (χ0v) is 27.7. The van der Waals surface area contributed by atoms with E-state index in [2.05, 4.69) is 31.2 Å². The van der Waals surface area contributed by atoms with Crippen LogP contribution in [0.25, 0.3) is 22.6 Å².